The Hall–Kier alpha value is 0.127. The van der Waals surface area contributed by atoms with Gasteiger partial charge in [0.15, 0.2) is 8.32 Å². The van der Waals surface area contributed by atoms with Crippen molar-refractivity contribution < 1.29 is 14.3 Å². The van der Waals surface area contributed by atoms with Gasteiger partial charge >= 0.3 is 5.97 Å². The van der Waals surface area contributed by atoms with Crippen LogP contribution in [0.2, 0.25) is 18.1 Å². The van der Waals surface area contributed by atoms with E-state index < -0.39 is 14.3 Å². The van der Waals surface area contributed by atoms with Crippen LogP contribution in [0.5, 0.6) is 0 Å². The molecule has 0 aliphatic carbocycles. The monoisotopic (exact) mass is 296 g/mol. The van der Waals surface area contributed by atoms with E-state index in [1.807, 2.05) is 0 Å². The van der Waals surface area contributed by atoms with Crippen molar-refractivity contribution in [3.8, 4) is 0 Å². The van der Waals surface area contributed by atoms with E-state index in [0.717, 1.165) is 0 Å². The number of carbonyl (C=O) groups is 1. The van der Waals surface area contributed by atoms with E-state index in [4.69, 9.17) is 9.53 Å². The van der Waals surface area contributed by atoms with Gasteiger partial charge in [-0.1, -0.05) is 36.7 Å². The molecule has 0 aromatic rings. The second kappa shape index (κ2) is 5.45. The number of halogens is 1. The topological polar surface area (TPSA) is 46.5 Å². The predicted molar refractivity (Wildman–Crippen MR) is 68.1 cm³/mol. The number of carboxylic acid groups (broad SMARTS) is 1. The molecule has 0 fully saturated rings. The second-order valence-electron chi connectivity index (χ2n) is 5.25. The standard InChI is InChI=1S/C10H21BrO3Si/c1-10(2,3)15(4,5)14-8(7-11)6-9(12)13/h8H,6-7H2,1-5H3,(H,12,13)/t8-/m0/s1. The van der Waals surface area contributed by atoms with E-state index in [1.165, 1.54) is 0 Å². The lowest BCUT2D eigenvalue weighted by Crippen LogP contribution is -2.44. The Kier molecular flexibility index (Phi) is 5.50. The van der Waals surface area contributed by atoms with Crippen LogP contribution in [0, 0.1) is 0 Å². The van der Waals surface area contributed by atoms with Gasteiger partial charge in [0.25, 0.3) is 0 Å². The molecular formula is C10H21BrO3Si. The first kappa shape index (κ1) is 15.1. The summed E-state index contributed by atoms with van der Waals surface area (Å²) in [6.45, 7) is 10.7. The van der Waals surface area contributed by atoms with Crippen molar-refractivity contribution in [3.05, 3.63) is 0 Å². The summed E-state index contributed by atoms with van der Waals surface area (Å²) in [5, 5.41) is 9.42. The first-order valence-corrected chi connectivity index (χ1v) is 9.08. The van der Waals surface area contributed by atoms with Crippen LogP contribution >= 0.6 is 15.9 Å². The molecule has 0 spiro atoms. The van der Waals surface area contributed by atoms with Gasteiger partial charge in [-0.15, -0.1) is 0 Å². The van der Waals surface area contributed by atoms with E-state index in [1.54, 1.807) is 0 Å². The maximum atomic E-state index is 10.6. The highest BCUT2D eigenvalue weighted by molar-refractivity contribution is 9.09. The first-order chi connectivity index (χ1) is 6.60. The lowest BCUT2D eigenvalue weighted by atomic mass is 10.2. The summed E-state index contributed by atoms with van der Waals surface area (Å²) >= 11 is 3.30. The van der Waals surface area contributed by atoms with Gasteiger partial charge in [0, 0.05) is 5.33 Å². The molecule has 0 radical (unpaired) electrons. The van der Waals surface area contributed by atoms with Gasteiger partial charge in [0.1, 0.15) is 0 Å². The van der Waals surface area contributed by atoms with E-state index in [9.17, 15) is 4.79 Å². The lowest BCUT2D eigenvalue weighted by molar-refractivity contribution is -0.138. The summed E-state index contributed by atoms with van der Waals surface area (Å²) in [5.74, 6) is -0.807. The van der Waals surface area contributed by atoms with Crippen molar-refractivity contribution >= 4 is 30.2 Å². The van der Waals surface area contributed by atoms with E-state index >= 15 is 0 Å². The van der Waals surface area contributed by atoms with Crippen molar-refractivity contribution in [1.29, 1.82) is 0 Å². The third kappa shape index (κ3) is 5.13. The number of aliphatic carboxylic acids is 1. The molecule has 0 bridgehead atoms. The highest BCUT2D eigenvalue weighted by Gasteiger charge is 2.39. The molecule has 0 heterocycles. The molecule has 15 heavy (non-hydrogen) atoms. The summed E-state index contributed by atoms with van der Waals surface area (Å²) < 4.78 is 5.97. The Morgan fingerprint density at radius 1 is 1.47 bits per heavy atom. The summed E-state index contributed by atoms with van der Waals surface area (Å²) in [6, 6.07) is 0. The van der Waals surface area contributed by atoms with Crippen LogP contribution in [-0.4, -0.2) is 30.8 Å². The van der Waals surface area contributed by atoms with Crippen molar-refractivity contribution in [3.63, 3.8) is 0 Å². The summed E-state index contributed by atoms with van der Waals surface area (Å²) in [6.07, 6.45) is -0.152. The van der Waals surface area contributed by atoms with Crippen molar-refractivity contribution in [1.82, 2.24) is 0 Å². The van der Waals surface area contributed by atoms with Gasteiger partial charge in [0.05, 0.1) is 12.5 Å². The van der Waals surface area contributed by atoms with Crippen molar-refractivity contribution in [2.45, 2.75) is 51.4 Å². The van der Waals surface area contributed by atoms with Crippen LogP contribution in [0.4, 0.5) is 0 Å². The average molecular weight is 297 g/mol. The van der Waals surface area contributed by atoms with Gasteiger partial charge < -0.3 is 9.53 Å². The average Bonchev–Trinajstić information content (AvgIpc) is 1.99. The van der Waals surface area contributed by atoms with E-state index in [0.29, 0.717) is 5.33 Å². The Morgan fingerprint density at radius 3 is 2.20 bits per heavy atom. The molecular weight excluding hydrogens is 276 g/mol. The highest BCUT2D eigenvalue weighted by atomic mass is 79.9. The minimum absolute atomic E-state index is 0.0672. The molecule has 90 valence electrons. The molecule has 0 aliphatic rings. The molecule has 0 saturated carbocycles. The number of rotatable bonds is 5. The molecule has 0 amide bonds. The van der Waals surface area contributed by atoms with Crippen molar-refractivity contribution in [2.75, 3.05) is 5.33 Å². The van der Waals surface area contributed by atoms with Gasteiger partial charge in [-0.3, -0.25) is 4.79 Å². The Morgan fingerprint density at radius 2 is 1.93 bits per heavy atom. The lowest BCUT2D eigenvalue weighted by Gasteiger charge is -2.38. The van der Waals surface area contributed by atoms with Crippen molar-refractivity contribution in [2.24, 2.45) is 0 Å². The fraction of sp³-hybridized carbons (Fsp3) is 0.900. The van der Waals surface area contributed by atoms with Gasteiger partial charge in [-0.2, -0.15) is 0 Å². The van der Waals surface area contributed by atoms with E-state index in [2.05, 4.69) is 49.8 Å². The zero-order chi connectivity index (χ0) is 12.3. The van der Waals surface area contributed by atoms with Crippen LogP contribution in [0.25, 0.3) is 0 Å². The molecule has 0 saturated heterocycles. The number of hydrogen-bond acceptors (Lipinski definition) is 2. The molecule has 0 unspecified atom stereocenters. The van der Waals surface area contributed by atoms with Gasteiger partial charge in [-0.25, -0.2) is 0 Å². The second-order valence-corrected chi connectivity index (χ2v) is 10.7. The van der Waals surface area contributed by atoms with Crippen LogP contribution in [-0.2, 0) is 9.22 Å². The van der Waals surface area contributed by atoms with Crippen LogP contribution < -0.4 is 0 Å². The molecule has 5 heteroatoms. The first-order valence-electron chi connectivity index (χ1n) is 5.05. The van der Waals surface area contributed by atoms with E-state index in [-0.39, 0.29) is 17.6 Å². The largest absolute Gasteiger partial charge is 0.481 e. The summed E-state index contributed by atoms with van der Waals surface area (Å²) in [4.78, 5) is 10.6. The Balaban J connectivity index is 4.47. The SMILES string of the molecule is CC(C)(C)[Si](C)(C)O[C@H](CBr)CC(=O)O. The normalized spacial score (nSPS) is 15.1. The van der Waals surface area contributed by atoms with Gasteiger partial charge in [-0.05, 0) is 18.1 Å². The molecule has 3 nitrogen and oxygen atoms in total. The maximum Gasteiger partial charge on any atom is 0.305 e. The Labute approximate surface area is 101 Å². The fourth-order valence-corrected chi connectivity index (χ4v) is 2.87. The summed E-state index contributed by atoms with van der Waals surface area (Å²) in [7, 11) is -1.85. The quantitative estimate of drug-likeness (QED) is 0.626. The summed E-state index contributed by atoms with van der Waals surface area (Å²) in [5.41, 5.74) is 0. The highest BCUT2D eigenvalue weighted by Crippen LogP contribution is 2.37. The number of carboxylic acids is 1. The maximum absolute atomic E-state index is 10.6. The number of alkyl halides is 1. The minimum atomic E-state index is -1.85. The molecule has 1 atom stereocenters. The van der Waals surface area contributed by atoms with Crippen LogP contribution in [0.3, 0.4) is 0 Å². The van der Waals surface area contributed by atoms with Crippen LogP contribution in [0.15, 0.2) is 0 Å². The third-order valence-corrected chi connectivity index (χ3v) is 8.10. The molecule has 1 N–H and O–H groups in total. The Bertz CT molecular complexity index is 223. The smallest absolute Gasteiger partial charge is 0.305 e. The minimum Gasteiger partial charge on any atom is -0.481 e. The molecule has 0 aromatic heterocycles. The molecule has 0 aromatic carbocycles. The molecule has 0 aliphatic heterocycles. The number of hydrogen-bond donors (Lipinski definition) is 1. The van der Waals surface area contributed by atoms with Crippen LogP contribution in [0.1, 0.15) is 27.2 Å². The fourth-order valence-electron chi connectivity index (χ4n) is 0.916. The predicted octanol–water partition coefficient (Wildman–Crippen LogP) is 3.25. The molecule has 0 rings (SSSR count). The zero-order valence-corrected chi connectivity index (χ0v) is 12.7. The zero-order valence-electron chi connectivity index (χ0n) is 10.1. The van der Waals surface area contributed by atoms with Gasteiger partial charge in [0.2, 0.25) is 0 Å². The third-order valence-electron chi connectivity index (χ3n) is 2.84.